The van der Waals surface area contributed by atoms with Gasteiger partial charge >= 0.3 is 5.97 Å². The smallest absolute Gasteiger partial charge is 0.347 e. The number of nitrogens with zero attached hydrogens (tertiary/aromatic N) is 4. The van der Waals surface area contributed by atoms with Crippen LogP contribution in [0.15, 0.2) is 18.7 Å². The first-order valence-electron chi connectivity index (χ1n) is 5.07. The van der Waals surface area contributed by atoms with E-state index in [1.807, 2.05) is 6.92 Å². The molecule has 0 aliphatic carbocycles. The first-order valence-corrected chi connectivity index (χ1v) is 5.07. The topological polar surface area (TPSA) is 69.9 Å². The monoisotopic (exact) mass is 232 g/mol. The molecule has 0 amide bonds. The van der Waals surface area contributed by atoms with E-state index in [2.05, 4.69) is 15.1 Å². The zero-order valence-electron chi connectivity index (χ0n) is 9.84. The number of hydrogen-bond acceptors (Lipinski definition) is 5. The minimum atomic E-state index is -0.473. The highest BCUT2D eigenvalue weighted by atomic mass is 16.5. The van der Waals surface area contributed by atoms with E-state index in [4.69, 9.17) is 4.74 Å². The molecule has 0 bridgehead atoms. The van der Waals surface area contributed by atoms with Gasteiger partial charge < -0.3 is 4.74 Å². The molecule has 0 atom stereocenters. The van der Waals surface area contributed by atoms with Crippen molar-refractivity contribution in [1.29, 1.82) is 0 Å². The summed E-state index contributed by atoms with van der Waals surface area (Å²) in [5, 5.41) is 3.99. The molecule has 6 heteroatoms. The van der Waals surface area contributed by atoms with Gasteiger partial charge in [0, 0.05) is 13.2 Å². The standard InChI is InChI=1S/C11H12N4O2/c1-7-9(4-12-6-13-7)11(16)17-10-5-14-15(3)8(10)2/h4-6H,1-3H3. The fraction of sp³-hybridized carbons (Fsp3) is 0.273. The predicted molar refractivity (Wildman–Crippen MR) is 59.7 cm³/mol. The largest absolute Gasteiger partial charge is 0.419 e. The molecule has 0 spiro atoms. The minimum absolute atomic E-state index is 0.357. The number of esters is 1. The van der Waals surface area contributed by atoms with Gasteiger partial charge in [0.15, 0.2) is 5.75 Å². The maximum Gasteiger partial charge on any atom is 0.347 e. The van der Waals surface area contributed by atoms with Crippen LogP contribution in [-0.4, -0.2) is 25.7 Å². The van der Waals surface area contributed by atoms with Crippen LogP contribution in [0.5, 0.6) is 5.75 Å². The van der Waals surface area contributed by atoms with Crippen molar-refractivity contribution in [2.75, 3.05) is 0 Å². The Morgan fingerprint density at radius 2 is 2.12 bits per heavy atom. The van der Waals surface area contributed by atoms with Crippen LogP contribution in [0.4, 0.5) is 0 Å². The first kappa shape index (κ1) is 11.3. The molecule has 6 nitrogen and oxygen atoms in total. The number of ether oxygens (including phenoxy) is 1. The second kappa shape index (κ2) is 4.32. The maximum atomic E-state index is 11.9. The van der Waals surface area contributed by atoms with Gasteiger partial charge in [-0.25, -0.2) is 14.8 Å². The van der Waals surface area contributed by atoms with Gasteiger partial charge in [-0.2, -0.15) is 5.10 Å². The number of aromatic nitrogens is 4. The molecular formula is C11H12N4O2. The van der Waals surface area contributed by atoms with Gasteiger partial charge in [-0.1, -0.05) is 0 Å². The zero-order chi connectivity index (χ0) is 12.4. The molecule has 0 unspecified atom stereocenters. The SMILES string of the molecule is Cc1ncncc1C(=O)Oc1cnn(C)c1C. The second-order valence-corrected chi connectivity index (χ2v) is 3.63. The number of carbonyl (C=O) groups excluding carboxylic acids is 1. The normalized spacial score (nSPS) is 10.3. The van der Waals surface area contributed by atoms with E-state index in [-0.39, 0.29) is 0 Å². The Bertz CT molecular complexity index is 562. The summed E-state index contributed by atoms with van der Waals surface area (Å²) < 4.78 is 6.87. The molecule has 2 heterocycles. The van der Waals surface area contributed by atoms with E-state index in [1.54, 1.807) is 18.7 Å². The van der Waals surface area contributed by atoms with Crippen molar-refractivity contribution in [2.24, 2.45) is 7.05 Å². The van der Waals surface area contributed by atoms with E-state index in [0.29, 0.717) is 17.0 Å². The quantitative estimate of drug-likeness (QED) is 0.724. The first-order chi connectivity index (χ1) is 8.09. The maximum absolute atomic E-state index is 11.9. The van der Waals surface area contributed by atoms with Crippen LogP contribution in [0.1, 0.15) is 21.7 Å². The van der Waals surface area contributed by atoms with E-state index >= 15 is 0 Å². The molecule has 0 saturated heterocycles. The molecule has 17 heavy (non-hydrogen) atoms. The average Bonchev–Trinajstić information content (AvgIpc) is 2.61. The highest BCUT2D eigenvalue weighted by molar-refractivity contribution is 5.91. The van der Waals surface area contributed by atoms with Crippen LogP contribution in [0.25, 0.3) is 0 Å². The molecule has 0 aromatic carbocycles. The van der Waals surface area contributed by atoms with Crippen molar-refractivity contribution in [3.63, 3.8) is 0 Å². The van der Waals surface area contributed by atoms with Crippen LogP contribution < -0.4 is 4.74 Å². The molecular weight excluding hydrogens is 220 g/mol. The lowest BCUT2D eigenvalue weighted by molar-refractivity contribution is 0.0731. The third kappa shape index (κ3) is 2.15. The van der Waals surface area contributed by atoms with Gasteiger partial charge in [0.25, 0.3) is 0 Å². The van der Waals surface area contributed by atoms with Crippen LogP contribution in [0.2, 0.25) is 0 Å². The minimum Gasteiger partial charge on any atom is -0.419 e. The summed E-state index contributed by atoms with van der Waals surface area (Å²) in [6, 6.07) is 0. The van der Waals surface area contributed by atoms with Gasteiger partial charge in [0.2, 0.25) is 0 Å². The van der Waals surface area contributed by atoms with Crippen molar-refractivity contribution in [2.45, 2.75) is 13.8 Å². The molecule has 0 fully saturated rings. The van der Waals surface area contributed by atoms with Crippen molar-refractivity contribution in [3.8, 4) is 5.75 Å². The number of rotatable bonds is 2. The summed E-state index contributed by atoms with van der Waals surface area (Å²) in [6.45, 7) is 3.55. The number of hydrogen-bond donors (Lipinski definition) is 0. The summed E-state index contributed by atoms with van der Waals surface area (Å²) in [7, 11) is 1.78. The molecule has 2 aromatic heterocycles. The van der Waals surface area contributed by atoms with Gasteiger partial charge in [-0.15, -0.1) is 0 Å². The Hall–Kier alpha value is -2.24. The van der Waals surface area contributed by atoms with Crippen LogP contribution in [0.3, 0.4) is 0 Å². The summed E-state index contributed by atoms with van der Waals surface area (Å²) in [4.78, 5) is 19.6. The molecule has 0 aliphatic heterocycles. The molecule has 0 N–H and O–H groups in total. The Kier molecular flexibility index (Phi) is 2.86. The molecule has 88 valence electrons. The Morgan fingerprint density at radius 3 is 2.71 bits per heavy atom. The Balaban J connectivity index is 2.23. The van der Waals surface area contributed by atoms with Gasteiger partial charge in [0.1, 0.15) is 6.33 Å². The molecule has 0 aliphatic rings. The zero-order valence-corrected chi connectivity index (χ0v) is 9.84. The van der Waals surface area contributed by atoms with Crippen LogP contribution in [-0.2, 0) is 7.05 Å². The van der Waals surface area contributed by atoms with Gasteiger partial charge in [-0.05, 0) is 13.8 Å². The number of aryl methyl sites for hydroxylation is 2. The second-order valence-electron chi connectivity index (χ2n) is 3.63. The van der Waals surface area contributed by atoms with E-state index in [9.17, 15) is 4.79 Å². The lowest BCUT2D eigenvalue weighted by atomic mass is 10.2. The summed E-state index contributed by atoms with van der Waals surface area (Å²) in [5.41, 5.74) is 1.73. The van der Waals surface area contributed by atoms with E-state index in [0.717, 1.165) is 5.69 Å². The van der Waals surface area contributed by atoms with E-state index in [1.165, 1.54) is 18.7 Å². The highest BCUT2D eigenvalue weighted by Gasteiger charge is 2.15. The van der Waals surface area contributed by atoms with Crippen LogP contribution >= 0.6 is 0 Å². The Morgan fingerprint density at radius 1 is 1.35 bits per heavy atom. The summed E-state index contributed by atoms with van der Waals surface area (Å²) in [6.07, 6.45) is 4.34. The van der Waals surface area contributed by atoms with Crippen molar-refractivity contribution >= 4 is 5.97 Å². The summed E-state index contributed by atoms with van der Waals surface area (Å²) in [5.74, 6) is -0.0278. The third-order valence-electron chi connectivity index (χ3n) is 2.52. The van der Waals surface area contributed by atoms with Gasteiger partial charge in [-0.3, -0.25) is 4.68 Å². The third-order valence-corrected chi connectivity index (χ3v) is 2.52. The van der Waals surface area contributed by atoms with E-state index < -0.39 is 5.97 Å². The molecule has 0 saturated carbocycles. The van der Waals surface area contributed by atoms with Gasteiger partial charge in [0.05, 0.1) is 23.1 Å². The van der Waals surface area contributed by atoms with Crippen molar-refractivity contribution < 1.29 is 9.53 Å². The lowest BCUT2D eigenvalue weighted by Gasteiger charge is -2.04. The lowest BCUT2D eigenvalue weighted by Crippen LogP contribution is -2.12. The highest BCUT2D eigenvalue weighted by Crippen LogP contribution is 2.17. The number of carbonyl (C=O) groups is 1. The van der Waals surface area contributed by atoms with Crippen molar-refractivity contribution in [1.82, 2.24) is 19.7 Å². The Labute approximate surface area is 98.3 Å². The summed E-state index contributed by atoms with van der Waals surface area (Å²) >= 11 is 0. The molecule has 2 rings (SSSR count). The molecule has 2 aromatic rings. The predicted octanol–water partition coefficient (Wildman–Crippen LogP) is 1.05. The van der Waals surface area contributed by atoms with Crippen LogP contribution in [0, 0.1) is 13.8 Å². The molecule has 0 radical (unpaired) electrons. The fourth-order valence-electron chi connectivity index (χ4n) is 1.32. The van der Waals surface area contributed by atoms with Crippen molar-refractivity contribution in [3.05, 3.63) is 35.7 Å². The average molecular weight is 232 g/mol. The fourth-order valence-corrected chi connectivity index (χ4v) is 1.32.